The van der Waals surface area contributed by atoms with Crippen molar-refractivity contribution in [1.29, 1.82) is 0 Å². The van der Waals surface area contributed by atoms with Crippen molar-refractivity contribution in [2.24, 2.45) is 5.10 Å². The van der Waals surface area contributed by atoms with Gasteiger partial charge in [-0.2, -0.15) is 5.10 Å². The van der Waals surface area contributed by atoms with Crippen molar-refractivity contribution in [2.45, 2.75) is 33.2 Å². The minimum Gasteiger partial charge on any atom is -0.467 e. The molecule has 2 aromatic rings. The molecule has 1 heterocycles. The predicted octanol–water partition coefficient (Wildman–Crippen LogP) is 4.03. The van der Waals surface area contributed by atoms with Crippen LogP contribution in [0.3, 0.4) is 0 Å². The number of dihydropyridines is 1. The summed E-state index contributed by atoms with van der Waals surface area (Å²) in [5.74, 6) is -1.49. The second-order valence-electron chi connectivity index (χ2n) is 8.75. The molecule has 0 saturated heterocycles. The Morgan fingerprint density at radius 3 is 2.15 bits per heavy atom. The maximum Gasteiger partial charge on any atom is 0.342 e. The van der Waals surface area contributed by atoms with E-state index < -0.39 is 38.7 Å². The smallest absolute Gasteiger partial charge is 0.342 e. The van der Waals surface area contributed by atoms with Crippen molar-refractivity contribution >= 4 is 40.3 Å². The number of rotatable bonds is 8. The van der Waals surface area contributed by atoms with E-state index >= 15 is 0 Å². The Bertz CT molecular complexity index is 1460. The largest absolute Gasteiger partial charge is 0.467 e. The van der Waals surface area contributed by atoms with Crippen LogP contribution in [0.25, 0.3) is 5.57 Å². The number of benzene rings is 2. The lowest BCUT2D eigenvalue weighted by Gasteiger charge is -2.39. The van der Waals surface area contributed by atoms with Gasteiger partial charge in [-0.25, -0.2) is 9.59 Å². The van der Waals surface area contributed by atoms with Crippen LogP contribution in [-0.2, 0) is 19.1 Å². The van der Waals surface area contributed by atoms with Gasteiger partial charge in [-0.3, -0.25) is 25.7 Å². The highest BCUT2D eigenvalue weighted by atomic mass is 16.6. The van der Waals surface area contributed by atoms with Gasteiger partial charge in [0.05, 0.1) is 41.4 Å². The first-order chi connectivity index (χ1) is 18.4. The van der Waals surface area contributed by atoms with Crippen LogP contribution in [-0.4, -0.2) is 47.3 Å². The van der Waals surface area contributed by atoms with Gasteiger partial charge in [-0.05, 0) is 44.9 Å². The third-order valence-corrected chi connectivity index (χ3v) is 6.43. The maximum absolute atomic E-state index is 13.4. The Balaban J connectivity index is 2.20. The summed E-state index contributed by atoms with van der Waals surface area (Å²) in [6.07, 6.45) is 0. The van der Waals surface area contributed by atoms with Crippen LogP contribution in [0.4, 0.5) is 17.1 Å². The number of carbonyl (C=O) groups excluding carboxylic acids is 2. The molecule has 0 spiro atoms. The lowest BCUT2D eigenvalue weighted by molar-refractivity contribution is -0.393. The monoisotopic (exact) mass is 537 g/mol. The van der Waals surface area contributed by atoms with Crippen molar-refractivity contribution in [1.82, 2.24) is 5.32 Å². The highest BCUT2D eigenvalue weighted by molar-refractivity contribution is 6.19. The summed E-state index contributed by atoms with van der Waals surface area (Å²) >= 11 is 0. The van der Waals surface area contributed by atoms with Gasteiger partial charge in [-0.1, -0.05) is 29.8 Å². The molecule has 1 aliphatic heterocycles. The number of ether oxygens (including phenoxy) is 2. The third-order valence-electron chi connectivity index (χ3n) is 6.43. The first-order valence-corrected chi connectivity index (χ1v) is 11.6. The molecular weight excluding hydrogens is 510 g/mol. The fourth-order valence-electron chi connectivity index (χ4n) is 4.41. The highest BCUT2D eigenvalue weighted by Crippen LogP contribution is 2.40. The number of non-ortho nitro benzene ring substituents is 1. The maximum atomic E-state index is 13.4. The standard InChI is InChI=1S/C26H27N5O8/c1-14-7-9-18(10-8-14)23-16(3)27-26(25(33)39-6,15(2)22(23)24(32)38-5)17(4)28-29-20-12-11-19(30(34)35)13-21(20)31(36)37/h7-13,27,29H,1-6H3/b28-17-/t26-/m1/s1. The minimum absolute atomic E-state index is 0.0446. The Labute approximate surface area is 223 Å². The van der Waals surface area contributed by atoms with Crippen LogP contribution in [0.15, 0.2) is 64.4 Å². The number of anilines is 1. The molecule has 13 heteroatoms. The Morgan fingerprint density at radius 1 is 0.974 bits per heavy atom. The van der Waals surface area contributed by atoms with Gasteiger partial charge in [0.2, 0.25) is 0 Å². The molecule has 0 amide bonds. The molecular formula is C26H27N5O8. The minimum atomic E-state index is -1.79. The molecule has 1 atom stereocenters. The van der Waals surface area contributed by atoms with Crippen LogP contribution >= 0.6 is 0 Å². The van der Waals surface area contributed by atoms with E-state index in [1.807, 2.05) is 31.2 Å². The zero-order valence-corrected chi connectivity index (χ0v) is 22.1. The molecule has 0 bridgehead atoms. The molecule has 204 valence electrons. The van der Waals surface area contributed by atoms with Gasteiger partial charge in [0, 0.05) is 17.3 Å². The summed E-state index contributed by atoms with van der Waals surface area (Å²) in [5.41, 5.74) is 2.60. The van der Waals surface area contributed by atoms with E-state index in [9.17, 15) is 29.8 Å². The van der Waals surface area contributed by atoms with E-state index in [1.165, 1.54) is 21.1 Å². The molecule has 0 radical (unpaired) electrons. The summed E-state index contributed by atoms with van der Waals surface area (Å²) < 4.78 is 10.2. The Kier molecular flexibility index (Phi) is 8.13. The average molecular weight is 538 g/mol. The third kappa shape index (κ3) is 5.19. The van der Waals surface area contributed by atoms with Gasteiger partial charge < -0.3 is 14.8 Å². The van der Waals surface area contributed by atoms with E-state index in [0.29, 0.717) is 16.8 Å². The number of carbonyl (C=O) groups is 2. The molecule has 2 N–H and O–H groups in total. The number of aryl methyl sites for hydroxylation is 1. The normalized spacial score (nSPS) is 17.3. The molecule has 0 saturated carbocycles. The molecule has 2 aromatic carbocycles. The second-order valence-corrected chi connectivity index (χ2v) is 8.75. The number of hydrazone groups is 1. The molecule has 39 heavy (non-hydrogen) atoms. The fourth-order valence-corrected chi connectivity index (χ4v) is 4.41. The summed E-state index contributed by atoms with van der Waals surface area (Å²) in [4.78, 5) is 47.5. The highest BCUT2D eigenvalue weighted by Gasteiger charge is 2.50. The van der Waals surface area contributed by atoms with Crippen LogP contribution in [0.1, 0.15) is 31.9 Å². The van der Waals surface area contributed by atoms with Gasteiger partial charge in [-0.15, -0.1) is 0 Å². The van der Waals surface area contributed by atoms with Crippen molar-refractivity contribution in [3.05, 3.63) is 90.7 Å². The molecule has 13 nitrogen and oxygen atoms in total. The van der Waals surface area contributed by atoms with Crippen molar-refractivity contribution in [3.8, 4) is 0 Å². The summed E-state index contributed by atoms with van der Waals surface area (Å²) in [5, 5.41) is 30.0. The number of nitro groups is 2. The SMILES string of the molecule is COC(=O)C1=C(C)[C@](C(=O)OC)(/C(C)=N\Nc2ccc([N+](=O)[O-])cc2[N+](=O)[O-])NC(C)=C1c1ccc(C)cc1. The van der Waals surface area contributed by atoms with Crippen LogP contribution in [0.5, 0.6) is 0 Å². The number of methoxy groups -OCH3 is 2. The van der Waals surface area contributed by atoms with Crippen molar-refractivity contribution in [2.75, 3.05) is 19.6 Å². The molecule has 0 aromatic heterocycles. The number of nitrogens with zero attached hydrogens (tertiary/aromatic N) is 3. The topological polar surface area (TPSA) is 175 Å². The van der Waals surface area contributed by atoms with Crippen LogP contribution in [0.2, 0.25) is 0 Å². The first kappa shape index (κ1) is 28.5. The number of hydrogen-bond acceptors (Lipinski definition) is 11. The van der Waals surface area contributed by atoms with E-state index in [4.69, 9.17) is 9.47 Å². The van der Waals surface area contributed by atoms with E-state index in [0.717, 1.165) is 23.8 Å². The molecule has 3 rings (SSSR count). The van der Waals surface area contributed by atoms with E-state index in [-0.39, 0.29) is 22.5 Å². The van der Waals surface area contributed by atoms with Crippen LogP contribution < -0.4 is 10.7 Å². The van der Waals surface area contributed by atoms with E-state index in [1.54, 1.807) is 13.8 Å². The Hall–Kier alpha value is -5.07. The number of nitro benzene ring substituents is 2. The first-order valence-electron chi connectivity index (χ1n) is 11.6. The summed E-state index contributed by atoms with van der Waals surface area (Å²) in [6.45, 7) is 6.64. The predicted molar refractivity (Wildman–Crippen MR) is 143 cm³/mol. The summed E-state index contributed by atoms with van der Waals surface area (Å²) in [7, 11) is 2.40. The zero-order valence-electron chi connectivity index (χ0n) is 22.1. The quantitative estimate of drug-likeness (QED) is 0.216. The van der Waals surface area contributed by atoms with Crippen molar-refractivity contribution in [3.63, 3.8) is 0 Å². The zero-order chi connectivity index (χ0) is 29.1. The van der Waals surface area contributed by atoms with Crippen molar-refractivity contribution < 1.29 is 28.9 Å². The second kappa shape index (κ2) is 11.1. The molecule has 0 unspecified atom stereocenters. The van der Waals surface area contributed by atoms with E-state index in [2.05, 4.69) is 15.8 Å². The lowest BCUT2D eigenvalue weighted by Crippen LogP contribution is -2.60. The average Bonchev–Trinajstić information content (AvgIpc) is 2.91. The Morgan fingerprint density at radius 2 is 1.62 bits per heavy atom. The van der Waals surface area contributed by atoms with Gasteiger partial charge in [0.25, 0.3) is 5.69 Å². The molecule has 0 fully saturated rings. The fraction of sp³-hybridized carbons (Fsp3) is 0.269. The number of hydrogen-bond donors (Lipinski definition) is 2. The van der Waals surface area contributed by atoms with Gasteiger partial charge in [0.15, 0.2) is 5.54 Å². The number of allylic oxidation sites excluding steroid dienone is 1. The van der Waals surface area contributed by atoms with Gasteiger partial charge >= 0.3 is 17.6 Å². The molecule has 0 aliphatic carbocycles. The molecule has 1 aliphatic rings. The van der Waals surface area contributed by atoms with Gasteiger partial charge in [0.1, 0.15) is 5.69 Å². The van der Waals surface area contributed by atoms with Crippen LogP contribution in [0, 0.1) is 27.2 Å². The summed E-state index contributed by atoms with van der Waals surface area (Å²) in [6, 6.07) is 10.5. The number of esters is 2. The number of nitrogens with one attached hydrogen (secondary N) is 2. The lowest BCUT2D eigenvalue weighted by atomic mass is 9.76.